The molecule has 1 atom stereocenters. The van der Waals surface area contributed by atoms with Crippen LogP contribution in [0.4, 0.5) is 4.39 Å². The third-order valence-electron chi connectivity index (χ3n) is 6.38. The third-order valence-corrected chi connectivity index (χ3v) is 6.68. The first kappa shape index (κ1) is 24.4. The molecule has 0 spiro atoms. The van der Waals surface area contributed by atoms with E-state index in [1.165, 1.54) is 6.08 Å². The Labute approximate surface area is 214 Å². The van der Waals surface area contributed by atoms with Crippen molar-refractivity contribution in [1.29, 1.82) is 0 Å². The molecule has 3 aromatic heterocycles. The van der Waals surface area contributed by atoms with E-state index in [1.807, 2.05) is 38.1 Å². The summed E-state index contributed by atoms with van der Waals surface area (Å²) in [5.74, 6) is 0.248. The highest BCUT2D eigenvalue weighted by atomic mass is 35.5. The predicted molar refractivity (Wildman–Crippen MR) is 140 cm³/mol. The van der Waals surface area contributed by atoms with Crippen molar-refractivity contribution in [2.45, 2.75) is 26.5 Å². The van der Waals surface area contributed by atoms with Crippen LogP contribution in [0.1, 0.15) is 41.1 Å². The average Bonchev–Trinajstić information content (AvgIpc) is 3.27. The number of pyridine rings is 2. The first-order chi connectivity index (χ1) is 17.5. The number of H-pyrrole nitrogens is 1. The van der Waals surface area contributed by atoms with Crippen LogP contribution in [0.2, 0.25) is 5.02 Å². The zero-order valence-corrected chi connectivity index (χ0v) is 21.0. The number of aryl methyl sites for hydroxylation is 1. The summed E-state index contributed by atoms with van der Waals surface area (Å²) in [5, 5.41) is 11.9. The zero-order chi connectivity index (χ0) is 25.1. The van der Waals surface area contributed by atoms with Gasteiger partial charge in [0, 0.05) is 73.9 Å². The van der Waals surface area contributed by atoms with Crippen LogP contribution in [0.25, 0.3) is 22.8 Å². The number of aromatic nitrogens is 4. The molecule has 0 aliphatic carbocycles. The molecular weight excluding hydrogens is 479 g/mol. The molecule has 0 radical (unpaired) electrons. The van der Waals surface area contributed by atoms with Crippen molar-refractivity contribution in [3.05, 3.63) is 82.0 Å². The summed E-state index contributed by atoms with van der Waals surface area (Å²) in [6, 6.07) is 9.20. The molecule has 0 saturated carbocycles. The molecule has 36 heavy (non-hydrogen) atoms. The molecule has 186 valence electrons. The van der Waals surface area contributed by atoms with Gasteiger partial charge in [0.2, 0.25) is 0 Å². The molecule has 4 heterocycles. The van der Waals surface area contributed by atoms with E-state index >= 15 is 4.39 Å². The largest absolute Gasteiger partial charge is 0.486 e. The molecule has 1 aliphatic heterocycles. The minimum absolute atomic E-state index is 0.286. The van der Waals surface area contributed by atoms with Crippen LogP contribution < -0.4 is 10.1 Å². The van der Waals surface area contributed by atoms with Gasteiger partial charge in [0.1, 0.15) is 17.7 Å². The molecule has 0 unspecified atom stereocenters. The second-order valence-corrected chi connectivity index (χ2v) is 9.39. The summed E-state index contributed by atoms with van der Waals surface area (Å²) in [6.07, 6.45) is 6.12. The molecule has 2 N–H and O–H groups in total. The van der Waals surface area contributed by atoms with Gasteiger partial charge in [-0.1, -0.05) is 11.6 Å². The van der Waals surface area contributed by atoms with Crippen LogP contribution in [0.3, 0.4) is 0 Å². The van der Waals surface area contributed by atoms with Gasteiger partial charge >= 0.3 is 0 Å². The summed E-state index contributed by atoms with van der Waals surface area (Å²) in [6.45, 7) is 8.60. The molecule has 4 aromatic rings. The van der Waals surface area contributed by atoms with E-state index in [4.69, 9.17) is 16.3 Å². The number of fused-ring (bicyclic) bond motifs is 1. The maximum Gasteiger partial charge on any atom is 0.134 e. The molecule has 9 heteroatoms. The van der Waals surface area contributed by atoms with Crippen LogP contribution in [0, 0.1) is 6.92 Å². The molecule has 0 amide bonds. The van der Waals surface area contributed by atoms with Crippen molar-refractivity contribution in [3.63, 3.8) is 0 Å². The average molecular weight is 507 g/mol. The minimum Gasteiger partial charge on any atom is -0.486 e. The molecular formula is C27H28ClFN6O. The SMILES string of the molecule is Cc1cncc(Cl)c1[C@@H](C)Oc1ccc2n[nH]c(/C=C(\F)c3ccc(CN4CCNCC4)nc3)c2c1. The Morgan fingerprint density at radius 2 is 2.03 bits per heavy atom. The number of hydrogen-bond acceptors (Lipinski definition) is 6. The Morgan fingerprint density at radius 1 is 1.19 bits per heavy atom. The lowest BCUT2D eigenvalue weighted by atomic mass is 10.1. The Balaban J connectivity index is 1.33. The van der Waals surface area contributed by atoms with Crippen molar-refractivity contribution < 1.29 is 9.13 Å². The third kappa shape index (κ3) is 5.41. The van der Waals surface area contributed by atoms with Crippen LogP contribution in [-0.2, 0) is 6.54 Å². The number of nitrogens with one attached hydrogen (secondary N) is 2. The molecule has 7 nitrogen and oxygen atoms in total. The maximum atomic E-state index is 15.1. The van der Waals surface area contributed by atoms with Gasteiger partial charge < -0.3 is 10.1 Å². The zero-order valence-electron chi connectivity index (χ0n) is 20.3. The smallest absolute Gasteiger partial charge is 0.134 e. The van der Waals surface area contributed by atoms with Gasteiger partial charge in [0.15, 0.2) is 0 Å². The van der Waals surface area contributed by atoms with Crippen molar-refractivity contribution in [2.75, 3.05) is 26.2 Å². The maximum absolute atomic E-state index is 15.1. The summed E-state index contributed by atoms with van der Waals surface area (Å²) in [5.41, 5.74) is 4.47. The Bertz CT molecular complexity index is 1360. The lowest BCUT2D eigenvalue weighted by Gasteiger charge is -2.26. The van der Waals surface area contributed by atoms with E-state index in [0.29, 0.717) is 22.0 Å². The first-order valence-electron chi connectivity index (χ1n) is 12.0. The number of aromatic amines is 1. The Morgan fingerprint density at radius 3 is 2.78 bits per heavy atom. The van der Waals surface area contributed by atoms with Crippen LogP contribution >= 0.6 is 11.6 Å². The van der Waals surface area contributed by atoms with E-state index in [-0.39, 0.29) is 11.9 Å². The quantitative estimate of drug-likeness (QED) is 0.353. The van der Waals surface area contributed by atoms with Crippen molar-refractivity contribution in [1.82, 2.24) is 30.4 Å². The standard InChI is InChI=1S/C27H28ClFN6O/c1-17-13-31-15-23(28)27(17)18(2)36-21-5-6-25-22(11-21)26(34-33-25)12-24(29)19-3-4-20(32-14-19)16-35-9-7-30-8-10-35/h3-6,11-15,18,30H,7-10,16H2,1-2H3,(H,33,34)/b24-12-/t18-/m1/s1. The van der Waals surface area contributed by atoms with Gasteiger partial charge in [-0.05, 0) is 49.7 Å². The highest BCUT2D eigenvalue weighted by Gasteiger charge is 2.16. The van der Waals surface area contributed by atoms with Gasteiger partial charge in [-0.25, -0.2) is 4.39 Å². The highest BCUT2D eigenvalue weighted by molar-refractivity contribution is 6.31. The normalized spacial score (nSPS) is 15.8. The Hall–Kier alpha value is -3.33. The van der Waals surface area contributed by atoms with Crippen molar-refractivity contribution in [2.24, 2.45) is 0 Å². The predicted octanol–water partition coefficient (Wildman–Crippen LogP) is 5.33. The van der Waals surface area contributed by atoms with Gasteiger partial charge in [-0.2, -0.15) is 5.10 Å². The second kappa shape index (κ2) is 10.7. The number of piperazine rings is 1. The fourth-order valence-corrected chi connectivity index (χ4v) is 4.84. The topological polar surface area (TPSA) is 79.0 Å². The molecule has 1 aliphatic rings. The first-order valence-corrected chi connectivity index (χ1v) is 12.4. The summed E-state index contributed by atoms with van der Waals surface area (Å²) in [7, 11) is 0. The fraction of sp³-hybridized carbons (Fsp3) is 0.296. The number of benzene rings is 1. The Kier molecular flexibility index (Phi) is 7.27. The van der Waals surface area contributed by atoms with E-state index in [1.54, 1.807) is 24.7 Å². The van der Waals surface area contributed by atoms with E-state index in [9.17, 15) is 0 Å². The molecule has 1 aromatic carbocycles. The van der Waals surface area contributed by atoms with Crippen LogP contribution in [0.5, 0.6) is 5.75 Å². The lowest BCUT2D eigenvalue weighted by molar-refractivity contribution is 0.226. The lowest BCUT2D eigenvalue weighted by Crippen LogP contribution is -2.43. The number of halogens is 2. The van der Waals surface area contributed by atoms with Gasteiger partial charge in [0.25, 0.3) is 0 Å². The second-order valence-electron chi connectivity index (χ2n) is 8.98. The van der Waals surface area contributed by atoms with E-state index < -0.39 is 0 Å². The number of rotatable bonds is 7. The summed E-state index contributed by atoms with van der Waals surface area (Å²) >= 11 is 6.35. The fourth-order valence-electron chi connectivity index (χ4n) is 4.48. The summed E-state index contributed by atoms with van der Waals surface area (Å²) < 4.78 is 21.3. The van der Waals surface area contributed by atoms with E-state index in [0.717, 1.165) is 60.4 Å². The van der Waals surface area contributed by atoms with Crippen molar-refractivity contribution >= 4 is 34.4 Å². The van der Waals surface area contributed by atoms with Gasteiger partial charge in [-0.15, -0.1) is 0 Å². The van der Waals surface area contributed by atoms with Crippen LogP contribution in [0.15, 0.2) is 48.9 Å². The molecule has 0 bridgehead atoms. The van der Waals surface area contributed by atoms with E-state index in [2.05, 4.69) is 30.4 Å². The van der Waals surface area contributed by atoms with Crippen LogP contribution in [-0.4, -0.2) is 51.2 Å². The number of hydrogen-bond donors (Lipinski definition) is 2. The number of ether oxygens (including phenoxy) is 1. The molecule has 1 saturated heterocycles. The summed E-state index contributed by atoms with van der Waals surface area (Å²) in [4.78, 5) is 10.9. The molecule has 5 rings (SSSR count). The monoisotopic (exact) mass is 506 g/mol. The van der Waals surface area contributed by atoms with Gasteiger partial charge in [0.05, 0.1) is 21.9 Å². The number of nitrogens with zero attached hydrogens (tertiary/aromatic N) is 4. The van der Waals surface area contributed by atoms with Crippen molar-refractivity contribution in [3.8, 4) is 5.75 Å². The highest BCUT2D eigenvalue weighted by Crippen LogP contribution is 2.32. The minimum atomic E-state index is -0.388. The molecule has 1 fully saturated rings. The van der Waals surface area contributed by atoms with Gasteiger partial charge in [-0.3, -0.25) is 20.0 Å².